The minimum atomic E-state index is -4.95. The maximum atomic E-state index is 13.1. The van der Waals surface area contributed by atoms with E-state index in [0.717, 1.165) is 34.5 Å². The van der Waals surface area contributed by atoms with E-state index in [2.05, 4.69) is 15.9 Å². The van der Waals surface area contributed by atoms with Crippen molar-refractivity contribution < 1.29 is 35.9 Å². The van der Waals surface area contributed by atoms with Crippen molar-refractivity contribution in [2.24, 2.45) is 0 Å². The number of rotatable bonds is 4. The highest BCUT2D eigenvalue weighted by atomic mass is 79.9. The molecule has 0 saturated heterocycles. The van der Waals surface area contributed by atoms with Crippen molar-refractivity contribution >= 4 is 27.8 Å². The second-order valence-electron chi connectivity index (χ2n) is 8.38. The first-order valence-corrected chi connectivity index (χ1v) is 11.5. The van der Waals surface area contributed by atoms with Crippen LogP contribution in [-0.2, 0) is 18.8 Å². The summed E-state index contributed by atoms with van der Waals surface area (Å²) in [5.74, 6) is 0.167. The molecule has 2 aliphatic rings. The minimum absolute atomic E-state index is 0.0695. The number of benzene rings is 2. The van der Waals surface area contributed by atoms with Gasteiger partial charge >= 0.3 is 12.4 Å². The fourth-order valence-electron chi connectivity index (χ4n) is 4.00. The van der Waals surface area contributed by atoms with Crippen LogP contribution in [-0.4, -0.2) is 12.4 Å². The van der Waals surface area contributed by atoms with E-state index in [0.29, 0.717) is 36.5 Å². The number of ether oxygens (including phenoxy) is 1. The standard InChI is InChI=1S/C26H19BrF6O2/c27-21-5-1-15(2-6-21)14-35-22-7-8-23-17(12-22)3-4-18(24(23)34)9-16-10-19(25(28,29)30)13-20(11-16)26(31,32)33/h1,5,7-13H,2-4,6,14H2/b18-9+. The van der Waals surface area contributed by atoms with Gasteiger partial charge in [0, 0.05) is 11.1 Å². The van der Waals surface area contributed by atoms with Crippen molar-refractivity contribution in [1.82, 2.24) is 0 Å². The van der Waals surface area contributed by atoms with Crippen molar-refractivity contribution in [1.29, 1.82) is 0 Å². The number of halogens is 7. The first kappa shape index (κ1) is 25.3. The number of aryl methyl sites for hydroxylation is 1. The number of allylic oxidation sites excluding steroid dienone is 4. The highest BCUT2D eigenvalue weighted by Crippen LogP contribution is 2.37. The highest BCUT2D eigenvalue weighted by molar-refractivity contribution is 9.11. The molecule has 35 heavy (non-hydrogen) atoms. The van der Waals surface area contributed by atoms with Crippen LogP contribution in [0.4, 0.5) is 26.3 Å². The Bertz CT molecular complexity index is 1220. The van der Waals surface area contributed by atoms with E-state index < -0.39 is 29.3 Å². The van der Waals surface area contributed by atoms with Crippen molar-refractivity contribution in [3.8, 4) is 5.75 Å². The van der Waals surface area contributed by atoms with Gasteiger partial charge in [-0.3, -0.25) is 4.79 Å². The first-order valence-electron chi connectivity index (χ1n) is 10.7. The quantitative estimate of drug-likeness (QED) is 0.279. The van der Waals surface area contributed by atoms with Gasteiger partial charge in [0.25, 0.3) is 0 Å². The zero-order valence-electron chi connectivity index (χ0n) is 18.2. The maximum absolute atomic E-state index is 13.1. The molecule has 2 aromatic rings. The van der Waals surface area contributed by atoms with E-state index in [1.165, 1.54) is 0 Å². The van der Waals surface area contributed by atoms with Gasteiger partial charge in [-0.15, -0.1) is 0 Å². The monoisotopic (exact) mass is 556 g/mol. The average Bonchev–Trinajstić information content (AvgIpc) is 2.79. The molecule has 0 bridgehead atoms. The van der Waals surface area contributed by atoms with Gasteiger partial charge in [-0.25, -0.2) is 0 Å². The summed E-state index contributed by atoms with van der Waals surface area (Å²) in [7, 11) is 0. The third-order valence-corrected chi connectivity index (χ3v) is 6.50. The highest BCUT2D eigenvalue weighted by Gasteiger charge is 2.37. The normalized spacial score (nSPS) is 17.7. The summed E-state index contributed by atoms with van der Waals surface area (Å²) >= 11 is 3.45. The van der Waals surface area contributed by atoms with Gasteiger partial charge in [-0.2, -0.15) is 26.3 Å². The van der Waals surface area contributed by atoms with E-state index >= 15 is 0 Å². The molecular weight excluding hydrogens is 538 g/mol. The molecule has 0 fully saturated rings. The molecule has 184 valence electrons. The van der Waals surface area contributed by atoms with Gasteiger partial charge in [-0.1, -0.05) is 28.1 Å². The van der Waals surface area contributed by atoms with E-state index in [1.807, 2.05) is 12.2 Å². The topological polar surface area (TPSA) is 26.3 Å². The zero-order valence-corrected chi connectivity index (χ0v) is 19.8. The lowest BCUT2D eigenvalue weighted by Crippen LogP contribution is -2.15. The molecule has 0 saturated carbocycles. The fraction of sp³-hybridized carbons (Fsp3) is 0.269. The number of fused-ring (bicyclic) bond motifs is 1. The number of alkyl halides is 6. The Morgan fingerprint density at radius 2 is 1.54 bits per heavy atom. The molecule has 2 nitrogen and oxygen atoms in total. The number of hydrogen-bond acceptors (Lipinski definition) is 2. The van der Waals surface area contributed by atoms with Crippen molar-refractivity contribution in [3.05, 3.63) is 92.0 Å². The minimum Gasteiger partial charge on any atom is -0.489 e. The van der Waals surface area contributed by atoms with Crippen LogP contribution < -0.4 is 4.74 Å². The van der Waals surface area contributed by atoms with Crippen LogP contribution in [0.15, 0.2) is 64.2 Å². The Morgan fingerprint density at radius 3 is 2.14 bits per heavy atom. The predicted octanol–water partition coefficient (Wildman–Crippen LogP) is 8.31. The van der Waals surface area contributed by atoms with Gasteiger partial charge in [0.2, 0.25) is 0 Å². The molecule has 2 aliphatic carbocycles. The summed E-state index contributed by atoms with van der Waals surface area (Å²) in [4.78, 5) is 13.0. The van der Waals surface area contributed by atoms with Gasteiger partial charge in [0.1, 0.15) is 12.4 Å². The molecule has 0 amide bonds. The summed E-state index contributed by atoms with van der Waals surface area (Å²) in [5.41, 5.74) is -0.775. The summed E-state index contributed by atoms with van der Waals surface area (Å²) in [5, 5.41) is 0. The molecule has 0 unspecified atom stereocenters. The lowest BCUT2D eigenvalue weighted by Gasteiger charge is -2.20. The second kappa shape index (κ2) is 9.68. The van der Waals surface area contributed by atoms with E-state index in [-0.39, 0.29) is 23.6 Å². The molecule has 0 heterocycles. The predicted molar refractivity (Wildman–Crippen MR) is 123 cm³/mol. The van der Waals surface area contributed by atoms with Crippen molar-refractivity contribution in [3.63, 3.8) is 0 Å². The van der Waals surface area contributed by atoms with Crippen molar-refractivity contribution in [2.75, 3.05) is 6.61 Å². The smallest absolute Gasteiger partial charge is 0.416 e. The lowest BCUT2D eigenvalue weighted by atomic mass is 9.85. The molecule has 4 rings (SSSR count). The lowest BCUT2D eigenvalue weighted by molar-refractivity contribution is -0.143. The Kier molecular flexibility index (Phi) is 6.99. The molecule has 0 aromatic heterocycles. The van der Waals surface area contributed by atoms with Gasteiger partial charge < -0.3 is 4.74 Å². The summed E-state index contributed by atoms with van der Waals surface area (Å²) < 4.78 is 85.9. The number of Topliss-reactive ketones (excluding diaryl/α,β-unsaturated/α-hetero) is 1. The molecule has 0 atom stereocenters. The van der Waals surface area contributed by atoms with E-state index in [1.54, 1.807) is 18.2 Å². The van der Waals surface area contributed by atoms with Crippen LogP contribution in [0.25, 0.3) is 6.08 Å². The van der Waals surface area contributed by atoms with Crippen LogP contribution in [0.5, 0.6) is 5.75 Å². The molecule has 2 aromatic carbocycles. The SMILES string of the molecule is O=C1/C(=C/c2cc(C(F)(F)F)cc(C(F)(F)F)c2)CCc2cc(OCC3=CC=C(Br)CC3)ccc21. The number of ketones is 1. The van der Waals surface area contributed by atoms with Gasteiger partial charge in [-0.05, 0) is 89.3 Å². The second-order valence-corrected chi connectivity index (χ2v) is 9.40. The molecular formula is C26H19BrF6O2. The molecule has 0 N–H and O–H groups in total. The van der Waals surface area contributed by atoms with E-state index in [9.17, 15) is 31.1 Å². The summed E-state index contributed by atoms with van der Waals surface area (Å²) in [6.45, 7) is 0.408. The third kappa shape index (κ3) is 6.07. The number of carbonyl (C=O) groups excluding carboxylic acids is 1. The molecule has 0 spiro atoms. The average molecular weight is 557 g/mol. The largest absolute Gasteiger partial charge is 0.489 e. The Labute approximate surface area is 206 Å². The number of hydrogen-bond donors (Lipinski definition) is 0. The zero-order chi connectivity index (χ0) is 25.4. The first-order chi connectivity index (χ1) is 16.4. The van der Waals surface area contributed by atoms with Gasteiger partial charge in [0.15, 0.2) is 5.78 Å². The molecule has 0 aliphatic heterocycles. The summed E-state index contributed by atoms with van der Waals surface area (Å²) in [6.07, 6.45) is -2.44. The van der Waals surface area contributed by atoms with Crippen molar-refractivity contribution in [2.45, 2.75) is 38.0 Å². The fourth-order valence-corrected chi connectivity index (χ4v) is 4.33. The molecule has 0 radical (unpaired) electrons. The van der Waals surface area contributed by atoms with Crippen LogP contribution >= 0.6 is 15.9 Å². The third-order valence-electron chi connectivity index (χ3n) is 5.84. The van der Waals surface area contributed by atoms with Crippen LogP contribution in [0.1, 0.15) is 51.9 Å². The summed E-state index contributed by atoms with van der Waals surface area (Å²) in [6, 6.07) is 6.29. The van der Waals surface area contributed by atoms with Crippen LogP contribution in [0.2, 0.25) is 0 Å². The number of carbonyl (C=O) groups is 1. The van der Waals surface area contributed by atoms with Crippen LogP contribution in [0.3, 0.4) is 0 Å². The maximum Gasteiger partial charge on any atom is 0.416 e. The van der Waals surface area contributed by atoms with E-state index in [4.69, 9.17) is 4.74 Å². The Morgan fingerprint density at radius 1 is 0.857 bits per heavy atom. The Hall–Kier alpha value is -2.81. The van der Waals surface area contributed by atoms with Gasteiger partial charge in [0.05, 0.1) is 11.1 Å². The molecule has 9 heteroatoms. The van der Waals surface area contributed by atoms with Crippen LogP contribution in [0, 0.1) is 0 Å². The Balaban J connectivity index is 1.56.